The first-order valence-electron chi connectivity index (χ1n) is 18.8. The predicted molar refractivity (Wildman–Crippen MR) is 209 cm³/mol. The minimum Gasteiger partial charge on any atom is -0.744 e. The van der Waals surface area contributed by atoms with Gasteiger partial charge in [0, 0.05) is 59.8 Å². The normalized spacial score (nSPS) is 16.1. The van der Waals surface area contributed by atoms with E-state index in [1.807, 2.05) is 50.3 Å². The highest BCUT2D eigenvalue weighted by Gasteiger charge is 2.40. The van der Waals surface area contributed by atoms with Crippen molar-refractivity contribution in [2.75, 3.05) is 24.5 Å². The van der Waals surface area contributed by atoms with Gasteiger partial charge in [-0.3, -0.25) is 9.59 Å². The van der Waals surface area contributed by atoms with Crippen molar-refractivity contribution in [3.63, 3.8) is 0 Å². The minimum atomic E-state index is -4.68. The lowest BCUT2D eigenvalue weighted by molar-refractivity contribution is -0.197. The number of unbranched alkanes of at least 4 members (excludes halogenated alkanes) is 2. The molecule has 6 rings (SSSR count). The Balaban J connectivity index is 1.31. The van der Waals surface area contributed by atoms with Gasteiger partial charge in [0.15, 0.2) is 0 Å². The van der Waals surface area contributed by atoms with E-state index < -0.39 is 33.3 Å². The topological polar surface area (TPSA) is 140 Å². The fourth-order valence-corrected chi connectivity index (χ4v) is 8.04. The number of carbonyl (C=O) groups is 3. The molecule has 0 spiro atoms. The van der Waals surface area contributed by atoms with Gasteiger partial charge in [-0.05, 0) is 86.7 Å². The molecular weight excluding hydrogens is 719 g/mol. The second-order valence-electron chi connectivity index (χ2n) is 14.4. The van der Waals surface area contributed by atoms with Gasteiger partial charge in [0.25, 0.3) is 11.8 Å². The molecule has 1 aliphatic carbocycles. The summed E-state index contributed by atoms with van der Waals surface area (Å²) < 4.78 is 45.0. The summed E-state index contributed by atoms with van der Waals surface area (Å²) in [6.45, 7) is 12.6. The molecule has 4 aliphatic rings. The molecule has 2 aromatic rings. The largest absolute Gasteiger partial charge is 0.744 e. The van der Waals surface area contributed by atoms with Crippen LogP contribution in [0.25, 0.3) is 28.5 Å². The van der Waals surface area contributed by atoms with Crippen LogP contribution in [0, 0.1) is 6.92 Å². The molecule has 288 valence electrons. The molecule has 2 aromatic carbocycles. The van der Waals surface area contributed by atoms with Crippen LogP contribution in [-0.4, -0.2) is 55.5 Å². The Morgan fingerprint density at radius 1 is 0.964 bits per heavy atom. The third-order valence-electron chi connectivity index (χ3n) is 10.5. The Hall–Kier alpha value is -5.33. The molecule has 0 aromatic heterocycles. The Morgan fingerprint density at radius 2 is 1.67 bits per heavy atom. The van der Waals surface area contributed by atoms with Gasteiger partial charge >= 0.3 is 5.97 Å². The van der Waals surface area contributed by atoms with Crippen LogP contribution in [0.5, 0.6) is 0 Å². The number of rotatable bonds is 13. The van der Waals surface area contributed by atoms with E-state index in [9.17, 15) is 27.4 Å². The van der Waals surface area contributed by atoms with E-state index in [2.05, 4.69) is 60.6 Å². The van der Waals surface area contributed by atoms with Crippen molar-refractivity contribution in [3.8, 4) is 22.5 Å². The van der Waals surface area contributed by atoms with Crippen molar-refractivity contribution >= 4 is 39.7 Å². The number of carbonyl (C=O) groups excluding carboxylic acids is 3. The lowest BCUT2D eigenvalue weighted by atomic mass is 9.83. The van der Waals surface area contributed by atoms with Gasteiger partial charge in [-0.2, -0.15) is 0 Å². The first-order chi connectivity index (χ1) is 26.2. The molecule has 12 heteroatoms. The summed E-state index contributed by atoms with van der Waals surface area (Å²) in [5.74, 6) is -0.197. The Bertz CT molecular complexity index is 2320. The van der Waals surface area contributed by atoms with Crippen LogP contribution in [-0.2, 0) is 34.8 Å². The molecule has 3 heterocycles. The zero-order valence-corrected chi connectivity index (χ0v) is 32.8. The number of nitrogens with zero attached hydrogens (tertiary/aromatic N) is 3. The number of imide groups is 1. The van der Waals surface area contributed by atoms with E-state index >= 15 is 0 Å². The second-order valence-corrected chi connectivity index (χ2v) is 15.7. The van der Waals surface area contributed by atoms with Crippen LogP contribution < -0.4 is 14.8 Å². The minimum absolute atomic E-state index is 0.0379. The maximum Gasteiger partial charge on any atom is 0.333 e. The highest BCUT2D eigenvalue weighted by molar-refractivity contribution is 7.85. The third-order valence-corrected chi connectivity index (χ3v) is 11.3. The average Bonchev–Trinajstić information content (AvgIpc) is 3.58. The fraction of sp³-hybridized carbons (Fsp3) is 0.349. The van der Waals surface area contributed by atoms with Crippen molar-refractivity contribution in [1.82, 2.24) is 9.64 Å². The highest BCUT2D eigenvalue weighted by Crippen LogP contribution is 2.48. The third kappa shape index (κ3) is 8.20. The summed E-state index contributed by atoms with van der Waals surface area (Å²) in [6.07, 6.45) is 7.81. The van der Waals surface area contributed by atoms with Gasteiger partial charge in [-0.25, -0.2) is 17.8 Å². The molecule has 3 aliphatic heterocycles. The zero-order chi connectivity index (χ0) is 39.5. The molecule has 0 bridgehead atoms. The molecular formula is C43H47N3O8S. The molecule has 0 radical (unpaired) electrons. The Morgan fingerprint density at radius 3 is 2.35 bits per heavy atom. The van der Waals surface area contributed by atoms with Crippen LogP contribution in [0.15, 0.2) is 93.9 Å². The van der Waals surface area contributed by atoms with Gasteiger partial charge in [0.2, 0.25) is 5.36 Å². The SMILES string of the molecule is CC[N+](CC)=c1ccc2c(-c3ccccc3)c(C)c(/C=C/C=C3\N(CCCCCC(=O)ON4C(=O)CCC4=O)c4ccc(S(=O)(=O)[O-])cc4C3(C)C)oc-2c1. The number of fused-ring (bicyclic) bond motifs is 2. The number of amides is 2. The summed E-state index contributed by atoms with van der Waals surface area (Å²) in [5.41, 5.74) is 5.92. The average molecular weight is 766 g/mol. The number of hydrogen-bond acceptors (Lipinski definition) is 9. The standard InChI is InChI=1S/C43H47N3O8S/c1-6-44(7-2)31-20-22-33-37(27-31)53-36(29(3)42(33)30-15-10-8-11-16-30)17-14-18-38-43(4,5)34-28-32(55(50,51)52)21-23-35(34)45(38)26-13-9-12-19-41(49)54-46-39(47)24-25-40(46)48/h8,10-11,14-18,20-23,27-28H,6-7,9,12-13,19,24-26H2,1-5H3. The van der Waals surface area contributed by atoms with Gasteiger partial charge in [0.1, 0.15) is 34.7 Å². The number of hydrogen-bond donors (Lipinski definition) is 0. The molecule has 55 heavy (non-hydrogen) atoms. The van der Waals surface area contributed by atoms with E-state index in [0.717, 1.165) is 63.4 Å². The van der Waals surface area contributed by atoms with Crippen LogP contribution in [0.2, 0.25) is 0 Å². The summed E-state index contributed by atoms with van der Waals surface area (Å²) in [5, 5.41) is 1.64. The van der Waals surface area contributed by atoms with E-state index in [0.29, 0.717) is 36.6 Å². The van der Waals surface area contributed by atoms with Gasteiger partial charge in [-0.15, -0.1) is 5.06 Å². The summed E-state index contributed by atoms with van der Waals surface area (Å²) >= 11 is 0. The van der Waals surface area contributed by atoms with Crippen LogP contribution in [0.1, 0.15) is 83.1 Å². The quantitative estimate of drug-likeness (QED) is 0.0613. The predicted octanol–water partition coefficient (Wildman–Crippen LogP) is 6.94. The molecule has 0 N–H and O–H groups in total. The second kappa shape index (κ2) is 16.2. The van der Waals surface area contributed by atoms with Crippen molar-refractivity contribution in [2.24, 2.45) is 0 Å². The number of allylic oxidation sites excluding steroid dienone is 3. The van der Waals surface area contributed by atoms with E-state index in [-0.39, 0.29) is 24.2 Å². The first kappa shape index (κ1) is 39.4. The monoisotopic (exact) mass is 765 g/mol. The van der Waals surface area contributed by atoms with Crippen molar-refractivity contribution in [1.29, 1.82) is 0 Å². The maximum absolute atomic E-state index is 12.4. The van der Waals surface area contributed by atoms with Crippen LogP contribution >= 0.6 is 0 Å². The lowest BCUT2D eigenvalue weighted by Crippen LogP contribution is -2.32. The molecule has 0 saturated carbocycles. The van der Waals surface area contributed by atoms with Crippen molar-refractivity contribution in [2.45, 2.75) is 83.5 Å². The van der Waals surface area contributed by atoms with Crippen LogP contribution in [0.3, 0.4) is 0 Å². The summed E-state index contributed by atoms with van der Waals surface area (Å²) in [4.78, 5) is 42.8. The van der Waals surface area contributed by atoms with Crippen molar-refractivity contribution < 1.29 is 36.6 Å². The maximum atomic E-state index is 12.4. The fourth-order valence-electron chi connectivity index (χ4n) is 7.54. The number of benzene rings is 3. The first-order valence-corrected chi connectivity index (χ1v) is 20.2. The van der Waals surface area contributed by atoms with E-state index in [1.54, 1.807) is 6.07 Å². The van der Waals surface area contributed by atoms with Gasteiger partial charge < -0.3 is 18.7 Å². The summed E-state index contributed by atoms with van der Waals surface area (Å²) in [7, 11) is -4.68. The number of hydroxylamine groups is 2. The van der Waals surface area contributed by atoms with Gasteiger partial charge in [0.05, 0.1) is 11.0 Å². The molecule has 0 atom stereocenters. The Kier molecular flexibility index (Phi) is 11.6. The molecule has 1 fully saturated rings. The Labute approximate surface area is 322 Å². The summed E-state index contributed by atoms with van der Waals surface area (Å²) in [6, 6.07) is 21.1. The van der Waals surface area contributed by atoms with Crippen molar-refractivity contribution in [3.05, 3.63) is 107 Å². The number of anilines is 1. The lowest BCUT2D eigenvalue weighted by Gasteiger charge is -2.27. The molecule has 2 amide bonds. The van der Waals surface area contributed by atoms with E-state index in [1.165, 1.54) is 12.1 Å². The highest BCUT2D eigenvalue weighted by atomic mass is 32.2. The zero-order valence-electron chi connectivity index (χ0n) is 32.0. The van der Waals surface area contributed by atoms with Gasteiger partial charge in [-0.1, -0.05) is 56.7 Å². The molecule has 0 unspecified atom stereocenters. The smallest absolute Gasteiger partial charge is 0.333 e. The van der Waals surface area contributed by atoms with Crippen LogP contribution in [0.4, 0.5) is 5.69 Å². The molecule has 11 nitrogen and oxygen atoms in total. The molecule has 1 saturated heterocycles. The van der Waals surface area contributed by atoms with E-state index in [4.69, 9.17) is 9.25 Å².